The van der Waals surface area contributed by atoms with Gasteiger partial charge in [0.05, 0.1) is 24.4 Å². The minimum Gasteiger partial charge on any atom is -0.503 e. The van der Waals surface area contributed by atoms with Crippen molar-refractivity contribution in [3.63, 3.8) is 0 Å². The number of nitrogens with zero attached hydrogens (tertiary/aromatic N) is 2. The molecule has 3 heterocycles. The maximum absolute atomic E-state index is 13.1. The Morgan fingerprint density at radius 1 is 1.07 bits per heavy atom. The van der Waals surface area contributed by atoms with Gasteiger partial charge in [0.15, 0.2) is 11.5 Å². The summed E-state index contributed by atoms with van der Waals surface area (Å²) in [7, 11) is 0. The van der Waals surface area contributed by atoms with Crippen LogP contribution < -0.4 is 0 Å². The molecule has 1 atom stereocenters. The van der Waals surface area contributed by atoms with Gasteiger partial charge >= 0.3 is 0 Å². The molecular formula is C23H20N2O4. The molecular weight excluding hydrogens is 368 g/mol. The van der Waals surface area contributed by atoms with E-state index in [0.717, 1.165) is 5.56 Å². The molecule has 0 radical (unpaired) electrons. The Labute approximate surface area is 168 Å². The lowest BCUT2D eigenvalue weighted by molar-refractivity contribution is -0.130. The van der Waals surface area contributed by atoms with Gasteiger partial charge < -0.3 is 14.4 Å². The van der Waals surface area contributed by atoms with Crippen LogP contribution in [0.2, 0.25) is 0 Å². The molecule has 0 saturated heterocycles. The summed E-state index contributed by atoms with van der Waals surface area (Å²) in [4.78, 5) is 31.4. The molecule has 1 unspecified atom stereocenters. The molecule has 3 aromatic rings. The Hall–Kier alpha value is -3.67. The number of rotatable bonds is 7. The van der Waals surface area contributed by atoms with Crippen LogP contribution >= 0.6 is 0 Å². The van der Waals surface area contributed by atoms with Gasteiger partial charge in [0.25, 0.3) is 5.91 Å². The highest BCUT2D eigenvalue weighted by Crippen LogP contribution is 2.39. The lowest BCUT2D eigenvalue weighted by Crippen LogP contribution is -2.30. The molecule has 1 aromatic carbocycles. The van der Waals surface area contributed by atoms with Crippen LogP contribution in [0.15, 0.2) is 89.0 Å². The molecule has 0 spiro atoms. The third kappa shape index (κ3) is 3.82. The third-order valence-electron chi connectivity index (χ3n) is 5.02. The quantitative estimate of drug-likeness (QED) is 0.666. The number of aryl methyl sites for hydroxylation is 1. The van der Waals surface area contributed by atoms with E-state index in [1.54, 1.807) is 36.7 Å². The third-order valence-corrected chi connectivity index (χ3v) is 5.02. The van der Waals surface area contributed by atoms with Gasteiger partial charge in [-0.2, -0.15) is 0 Å². The summed E-state index contributed by atoms with van der Waals surface area (Å²) in [5.41, 5.74) is 1.87. The van der Waals surface area contributed by atoms with E-state index in [9.17, 15) is 14.7 Å². The molecule has 6 nitrogen and oxygen atoms in total. The molecule has 2 aromatic heterocycles. The first-order chi connectivity index (χ1) is 14.1. The fraction of sp³-hybridized carbons (Fsp3) is 0.174. The molecule has 1 aliphatic heterocycles. The summed E-state index contributed by atoms with van der Waals surface area (Å²) in [5.74, 6) is -0.741. The number of aromatic nitrogens is 1. The van der Waals surface area contributed by atoms with E-state index < -0.39 is 17.7 Å². The van der Waals surface area contributed by atoms with Gasteiger partial charge in [-0.05, 0) is 41.8 Å². The number of carbonyl (C=O) groups is 2. The largest absolute Gasteiger partial charge is 0.503 e. The summed E-state index contributed by atoms with van der Waals surface area (Å²) < 4.78 is 5.37. The number of Topliss-reactive ketones (excluding diaryl/α,β-unsaturated/α-hetero) is 1. The van der Waals surface area contributed by atoms with E-state index in [1.165, 1.54) is 11.2 Å². The minimum absolute atomic E-state index is 0.128. The zero-order chi connectivity index (χ0) is 20.2. The second kappa shape index (κ2) is 8.14. The first-order valence-corrected chi connectivity index (χ1v) is 9.38. The number of aliphatic hydroxyl groups excluding tert-OH is 1. The average molecular weight is 388 g/mol. The Bertz CT molecular complexity index is 1030. The molecule has 29 heavy (non-hydrogen) atoms. The monoisotopic (exact) mass is 388 g/mol. The van der Waals surface area contributed by atoms with Crippen molar-refractivity contribution in [2.75, 3.05) is 0 Å². The Morgan fingerprint density at radius 3 is 2.52 bits per heavy atom. The molecule has 4 rings (SSSR count). The Kier molecular flexibility index (Phi) is 5.24. The van der Waals surface area contributed by atoms with E-state index in [1.807, 2.05) is 30.3 Å². The predicted octanol–water partition coefficient (Wildman–Crippen LogP) is 3.77. The number of amides is 1. The second-order valence-corrected chi connectivity index (χ2v) is 6.87. The van der Waals surface area contributed by atoms with Crippen molar-refractivity contribution in [2.24, 2.45) is 0 Å². The van der Waals surface area contributed by atoms with Crippen LogP contribution in [0.3, 0.4) is 0 Å². The number of benzene rings is 1. The molecule has 6 heteroatoms. The van der Waals surface area contributed by atoms with E-state index in [-0.39, 0.29) is 24.3 Å². The highest BCUT2D eigenvalue weighted by Gasteiger charge is 2.43. The van der Waals surface area contributed by atoms with Crippen molar-refractivity contribution in [3.05, 3.63) is 101 Å². The maximum Gasteiger partial charge on any atom is 0.290 e. The number of carbonyl (C=O) groups excluding carboxylic acids is 2. The summed E-state index contributed by atoms with van der Waals surface area (Å²) >= 11 is 0. The highest BCUT2D eigenvalue weighted by molar-refractivity contribution is 6.08. The van der Waals surface area contributed by atoms with Crippen LogP contribution in [0, 0.1) is 0 Å². The fourth-order valence-corrected chi connectivity index (χ4v) is 3.60. The van der Waals surface area contributed by atoms with Gasteiger partial charge in [-0.15, -0.1) is 0 Å². The molecule has 0 fully saturated rings. The Balaban J connectivity index is 1.64. The van der Waals surface area contributed by atoms with E-state index in [4.69, 9.17) is 4.42 Å². The molecule has 1 amide bonds. The molecule has 1 N–H and O–H groups in total. The zero-order valence-electron chi connectivity index (χ0n) is 15.7. The summed E-state index contributed by atoms with van der Waals surface area (Å²) in [6.07, 6.45) is 5.47. The average Bonchev–Trinajstić information content (AvgIpc) is 3.36. The number of ketones is 1. The van der Waals surface area contributed by atoms with Crippen molar-refractivity contribution in [3.8, 4) is 0 Å². The van der Waals surface area contributed by atoms with Crippen molar-refractivity contribution in [1.82, 2.24) is 9.88 Å². The minimum atomic E-state index is -0.682. The topological polar surface area (TPSA) is 83.6 Å². The highest BCUT2D eigenvalue weighted by atomic mass is 16.3. The van der Waals surface area contributed by atoms with E-state index >= 15 is 0 Å². The summed E-state index contributed by atoms with van der Waals surface area (Å²) in [5, 5.41) is 10.6. The van der Waals surface area contributed by atoms with E-state index in [2.05, 4.69) is 4.98 Å². The SMILES string of the molecule is O=C(CCc1ccccc1)C1=C(O)C(=O)N(Cc2ccco2)C1c1ccncc1. The van der Waals surface area contributed by atoms with Crippen molar-refractivity contribution in [1.29, 1.82) is 0 Å². The van der Waals surface area contributed by atoms with Crippen LogP contribution in [0.5, 0.6) is 0 Å². The van der Waals surface area contributed by atoms with Gasteiger partial charge in [0.1, 0.15) is 5.76 Å². The zero-order valence-corrected chi connectivity index (χ0v) is 15.7. The number of furan rings is 1. The van der Waals surface area contributed by atoms with Crippen LogP contribution in [0.25, 0.3) is 0 Å². The molecule has 1 aliphatic rings. The summed E-state index contributed by atoms with van der Waals surface area (Å²) in [6, 6.07) is 15.9. The number of pyridine rings is 1. The molecule has 0 aliphatic carbocycles. The lowest BCUT2D eigenvalue weighted by atomic mass is 9.93. The van der Waals surface area contributed by atoms with Crippen LogP contribution in [-0.2, 0) is 22.6 Å². The van der Waals surface area contributed by atoms with Crippen molar-refractivity contribution < 1.29 is 19.1 Å². The summed E-state index contributed by atoms with van der Waals surface area (Å²) in [6.45, 7) is 0.151. The van der Waals surface area contributed by atoms with Gasteiger partial charge in [0, 0.05) is 18.8 Å². The smallest absolute Gasteiger partial charge is 0.290 e. The van der Waals surface area contributed by atoms with Gasteiger partial charge in [-0.1, -0.05) is 30.3 Å². The van der Waals surface area contributed by atoms with Gasteiger partial charge in [-0.3, -0.25) is 14.6 Å². The number of hydrogen-bond acceptors (Lipinski definition) is 5. The second-order valence-electron chi connectivity index (χ2n) is 6.87. The first-order valence-electron chi connectivity index (χ1n) is 9.38. The maximum atomic E-state index is 13.1. The van der Waals surface area contributed by atoms with Crippen LogP contribution in [-0.4, -0.2) is 26.7 Å². The van der Waals surface area contributed by atoms with Gasteiger partial charge in [-0.25, -0.2) is 0 Å². The molecule has 146 valence electrons. The first kappa shape index (κ1) is 18.7. The standard InChI is InChI=1S/C23H20N2O4/c26-19(9-8-16-5-2-1-3-6-16)20-21(17-10-12-24-13-11-17)25(23(28)22(20)27)15-18-7-4-14-29-18/h1-7,10-14,21,27H,8-9,15H2. The van der Waals surface area contributed by atoms with Crippen molar-refractivity contribution >= 4 is 11.7 Å². The predicted molar refractivity (Wildman–Crippen MR) is 106 cm³/mol. The lowest BCUT2D eigenvalue weighted by Gasteiger charge is -2.26. The van der Waals surface area contributed by atoms with Gasteiger partial charge in [0.2, 0.25) is 0 Å². The molecule has 0 bridgehead atoms. The van der Waals surface area contributed by atoms with Crippen molar-refractivity contribution in [2.45, 2.75) is 25.4 Å². The molecule has 0 saturated carbocycles. The fourth-order valence-electron chi connectivity index (χ4n) is 3.60. The Morgan fingerprint density at radius 2 is 1.83 bits per heavy atom. The van der Waals surface area contributed by atoms with E-state index in [0.29, 0.717) is 17.7 Å². The normalized spacial score (nSPS) is 16.5. The number of hydrogen-bond donors (Lipinski definition) is 1. The van der Waals surface area contributed by atoms with Crippen LogP contribution in [0.4, 0.5) is 0 Å². The number of aliphatic hydroxyl groups is 1. The van der Waals surface area contributed by atoms with Crippen LogP contribution in [0.1, 0.15) is 29.3 Å².